The van der Waals surface area contributed by atoms with Crippen molar-refractivity contribution in [3.8, 4) is 0 Å². The minimum absolute atomic E-state index is 0.252. The van der Waals surface area contributed by atoms with Crippen LogP contribution >= 0.6 is 0 Å². The van der Waals surface area contributed by atoms with E-state index in [2.05, 4.69) is 11.9 Å². The standard InChI is InChI=1S/C22H27NO3/c1-3-4-5-6-7-8-13-20(22(25)26-2)23-21(24)19-15-14-17-11-9-10-12-18(17)16-19/h3,9-12,14-16,20H,1,4-8,13H2,2H3,(H,23,24)/t20-/m0/s1. The number of nitrogens with one attached hydrogen (secondary N) is 1. The van der Waals surface area contributed by atoms with E-state index in [1.807, 2.05) is 42.5 Å². The molecule has 0 bridgehead atoms. The maximum atomic E-state index is 12.6. The monoisotopic (exact) mass is 353 g/mol. The van der Waals surface area contributed by atoms with E-state index in [9.17, 15) is 9.59 Å². The molecule has 0 saturated heterocycles. The van der Waals surface area contributed by atoms with Crippen LogP contribution in [-0.2, 0) is 9.53 Å². The van der Waals surface area contributed by atoms with Gasteiger partial charge in [0.05, 0.1) is 7.11 Å². The van der Waals surface area contributed by atoms with Crippen molar-refractivity contribution in [2.24, 2.45) is 0 Å². The molecule has 0 aliphatic carbocycles. The van der Waals surface area contributed by atoms with Crippen LogP contribution in [0.15, 0.2) is 55.1 Å². The van der Waals surface area contributed by atoms with Crippen LogP contribution in [0.5, 0.6) is 0 Å². The second kappa shape index (κ2) is 10.4. The zero-order valence-electron chi connectivity index (χ0n) is 15.4. The number of hydrogen-bond acceptors (Lipinski definition) is 3. The van der Waals surface area contributed by atoms with Crippen LogP contribution in [0.4, 0.5) is 0 Å². The topological polar surface area (TPSA) is 55.4 Å². The fourth-order valence-corrected chi connectivity index (χ4v) is 2.95. The van der Waals surface area contributed by atoms with E-state index in [1.165, 1.54) is 7.11 Å². The summed E-state index contributed by atoms with van der Waals surface area (Å²) in [7, 11) is 1.35. The zero-order chi connectivity index (χ0) is 18.8. The van der Waals surface area contributed by atoms with Gasteiger partial charge in [-0.1, -0.05) is 55.7 Å². The Morgan fingerprint density at radius 2 is 1.81 bits per heavy atom. The van der Waals surface area contributed by atoms with E-state index in [-0.39, 0.29) is 5.91 Å². The molecule has 0 spiro atoms. The first-order chi connectivity index (χ1) is 12.7. The molecule has 0 heterocycles. The maximum Gasteiger partial charge on any atom is 0.328 e. The number of amides is 1. The smallest absolute Gasteiger partial charge is 0.328 e. The Morgan fingerprint density at radius 1 is 1.08 bits per heavy atom. The van der Waals surface area contributed by atoms with Gasteiger partial charge in [-0.25, -0.2) is 4.79 Å². The summed E-state index contributed by atoms with van der Waals surface area (Å²) >= 11 is 0. The number of carbonyl (C=O) groups excluding carboxylic acids is 2. The van der Waals surface area contributed by atoms with E-state index in [0.717, 1.165) is 42.9 Å². The van der Waals surface area contributed by atoms with E-state index < -0.39 is 12.0 Å². The highest BCUT2D eigenvalue weighted by Crippen LogP contribution is 2.16. The van der Waals surface area contributed by atoms with Gasteiger partial charge in [0, 0.05) is 5.56 Å². The Labute approximate surface area is 155 Å². The third kappa shape index (κ3) is 5.73. The molecule has 0 aliphatic heterocycles. The molecule has 0 aromatic heterocycles. The van der Waals surface area contributed by atoms with Gasteiger partial charge in [0.1, 0.15) is 6.04 Å². The van der Waals surface area contributed by atoms with Gasteiger partial charge in [0.2, 0.25) is 0 Å². The third-order valence-electron chi connectivity index (χ3n) is 4.45. The van der Waals surface area contributed by atoms with Gasteiger partial charge in [-0.2, -0.15) is 0 Å². The lowest BCUT2D eigenvalue weighted by molar-refractivity contribution is -0.143. The Morgan fingerprint density at radius 3 is 2.54 bits per heavy atom. The number of hydrogen-bond donors (Lipinski definition) is 1. The zero-order valence-corrected chi connectivity index (χ0v) is 15.4. The lowest BCUT2D eigenvalue weighted by Gasteiger charge is -2.16. The van der Waals surface area contributed by atoms with E-state index in [0.29, 0.717) is 12.0 Å². The Kier molecular flexibility index (Phi) is 7.87. The van der Waals surface area contributed by atoms with Crippen LogP contribution in [-0.4, -0.2) is 25.0 Å². The van der Waals surface area contributed by atoms with Crippen molar-refractivity contribution in [3.63, 3.8) is 0 Å². The average molecular weight is 353 g/mol. The number of methoxy groups -OCH3 is 1. The van der Waals surface area contributed by atoms with Crippen molar-refractivity contribution in [2.45, 2.75) is 44.6 Å². The molecular formula is C22H27NO3. The van der Waals surface area contributed by atoms with Gasteiger partial charge in [-0.3, -0.25) is 4.79 Å². The van der Waals surface area contributed by atoms with Gasteiger partial charge in [-0.15, -0.1) is 6.58 Å². The van der Waals surface area contributed by atoms with E-state index in [1.54, 1.807) is 6.07 Å². The highest BCUT2D eigenvalue weighted by molar-refractivity contribution is 6.00. The lowest BCUT2D eigenvalue weighted by Crippen LogP contribution is -2.41. The highest BCUT2D eigenvalue weighted by Gasteiger charge is 2.21. The normalized spacial score (nSPS) is 11.7. The van der Waals surface area contributed by atoms with E-state index in [4.69, 9.17) is 4.74 Å². The number of esters is 1. The minimum atomic E-state index is -0.613. The van der Waals surface area contributed by atoms with Crippen molar-refractivity contribution >= 4 is 22.6 Å². The van der Waals surface area contributed by atoms with Crippen LogP contribution in [0.2, 0.25) is 0 Å². The first-order valence-corrected chi connectivity index (χ1v) is 9.14. The molecule has 26 heavy (non-hydrogen) atoms. The lowest BCUT2D eigenvalue weighted by atomic mass is 10.0. The summed E-state index contributed by atoms with van der Waals surface area (Å²) in [6, 6.07) is 12.8. The molecule has 1 amide bonds. The minimum Gasteiger partial charge on any atom is -0.467 e. The van der Waals surface area contributed by atoms with Crippen molar-refractivity contribution in [3.05, 3.63) is 60.7 Å². The van der Waals surface area contributed by atoms with Gasteiger partial charge >= 0.3 is 5.97 Å². The molecule has 4 heteroatoms. The Balaban J connectivity index is 1.96. The molecule has 0 radical (unpaired) electrons. The number of carbonyl (C=O) groups is 2. The molecule has 1 atom stereocenters. The second-order valence-corrected chi connectivity index (χ2v) is 6.39. The molecule has 0 aliphatic rings. The van der Waals surface area contributed by atoms with Gasteiger partial charge < -0.3 is 10.1 Å². The summed E-state index contributed by atoms with van der Waals surface area (Å²) in [4.78, 5) is 24.6. The molecule has 0 fully saturated rings. The highest BCUT2D eigenvalue weighted by atomic mass is 16.5. The van der Waals surface area contributed by atoms with Gasteiger partial charge in [0.25, 0.3) is 5.91 Å². The molecule has 2 rings (SSSR count). The summed E-state index contributed by atoms with van der Waals surface area (Å²) in [5.74, 6) is -0.650. The van der Waals surface area contributed by atoms with Crippen molar-refractivity contribution in [2.75, 3.05) is 7.11 Å². The number of unbranched alkanes of at least 4 members (excludes halogenated alkanes) is 4. The predicted octanol–water partition coefficient (Wildman–Crippen LogP) is 4.64. The Hall–Kier alpha value is -2.62. The number of benzene rings is 2. The summed E-state index contributed by atoms with van der Waals surface area (Å²) in [6.07, 6.45) is 7.61. The number of ether oxygens (including phenoxy) is 1. The number of allylic oxidation sites excluding steroid dienone is 1. The average Bonchev–Trinajstić information content (AvgIpc) is 2.68. The SMILES string of the molecule is C=CCCCCCC[C@H](NC(=O)c1ccc2ccccc2c1)C(=O)OC. The summed E-state index contributed by atoms with van der Waals surface area (Å²) < 4.78 is 4.85. The van der Waals surface area contributed by atoms with Crippen LogP contribution < -0.4 is 5.32 Å². The molecular weight excluding hydrogens is 326 g/mol. The van der Waals surface area contributed by atoms with Crippen molar-refractivity contribution in [1.82, 2.24) is 5.32 Å². The molecule has 4 nitrogen and oxygen atoms in total. The molecule has 138 valence electrons. The van der Waals surface area contributed by atoms with Crippen LogP contribution in [0.1, 0.15) is 48.9 Å². The van der Waals surface area contributed by atoms with Crippen molar-refractivity contribution < 1.29 is 14.3 Å². The molecule has 0 unspecified atom stereocenters. The predicted molar refractivity (Wildman–Crippen MR) is 105 cm³/mol. The van der Waals surface area contributed by atoms with Gasteiger partial charge in [0.15, 0.2) is 0 Å². The van der Waals surface area contributed by atoms with Crippen LogP contribution in [0.3, 0.4) is 0 Å². The number of fused-ring (bicyclic) bond motifs is 1. The summed E-state index contributed by atoms with van der Waals surface area (Å²) in [5, 5.41) is 4.90. The summed E-state index contributed by atoms with van der Waals surface area (Å²) in [5.41, 5.74) is 0.545. The van der Waals surface area contributed by atoms with Crippen molar-refractivity contribution in [1.29, 1.82) is 0 Å². The molecule has 2 aromatic rings. The molecule has 0 saturated carbocycles. The fourth-order valence-electron chi connectivity index (χ4n) is 2.95. The van der Waals surface area contributed by atoms with Gasteiger partial charge in [-0.05, 0) is 42.2 Å². The molecule has 2 aromatic carbocycles. The first-order valence-electron chi connectivity index (χ1n) is 9.14. The quantitative estimate of drug-likeness (QED) is 0.385. The van der Waals surface area contributed by atoms with Crippen LogP contribution in [0, 0.1) is 0 Å². The maximum absolute atomic E-state index is 12.6. The van der Waals surface area contributed by atoms with E-state index >= 15 is 0 Å². The summed E-state index contributed by atoms with van der Waals surface area (Å²) in [6.45, 7) is 3.71. The second-order valence-electron chi connectivity index (χ2n) is 6.39. The first kappa shape index (κ1) is 19.7. The fraction of sp³-hybridized carbons (Fsp3) is 0.364. The number of rotatable bonds is 10. The van der Waals surface area contributed by atoms with Crippen LogP contribution in [0.25, 0.3) is 10.8 Å². The largest absolute Gasteiger partial charge is 0.467 e. The Bertz CT molecular complexity index is 754. The third-order valence-corrected chi connectivity index (χ3v) is 4.45. The molecule has 1 N–H and O–H groups in total.